The molecule has 0 spiro atoms. The maximum atomic E-state index is 5.63. The van der Waals surface area contributed by atoms with E-state index in [9.17, 15) is 0 Å². The molecule has 0 fully saturated rings. The van der Waals surface area contributed by atoms with Crippen molar-refractivity contribution in [2.75, 3.05) is 0 Å². The smallest absolute Gasteiger partial charge is 0.169 e. The van der Waals surface area contributed by atoms with E-state index in [4.69, 9.17) is 29.9 Å². The van der Waals surface area contributed by atoms with Gasteiger partial charge in [-0.15, -0.1) is 0 Å². The molecule has 398 valence electrons. The molecule has 9 aromatic heterocycles. The van der Waals surface area contributed by atoms with Crippen LogP contribution in [-0.4, -0.2) is 49.7 Å². The number of benzene rings is 2. The number of aromatic nitrogens is 10. The van der Waals surface area contributed by atoms with Gasteiger partial charge in [-0.1, -0.05) is 60.7 Å². The Labute approximate surface area is 476 Å². The fourth-order valence-corrected chi connectivity index (χ4v) is 11.1. The standard InChI is InChI=1S/C70H59N12/c1-79-37-29-51(30-38-79)67-59-21-25-63(75-59)69(53-15-11-13-49(41-53)43-81(45-55-17-3-7-33-71-55)46-56-18-4-8-34-72-56)65-27-23-61(77-65)68(52-31-39-80(2)40-32-52)62-24-28-66(78-62)70(64-26-22-60(67)76-64)54-16-12-14-50(42-54)44-82(47-57-19-5-9-35-73-57)48-58-20-6-10-36-74-58/h3-42H,43-48H2,1-2H3,(H,75,76,77,78)/q+1/p+1. The van der Waals surface area contributed by atoms with Gasteiger partial charge in [-0.3, -0.25) is 29.7 Å². The molecule has 82 heavy (non-hydrogen) atoms. The predicted molar refractivity (Wildman–Crippen MR) is 326 cm³/mol. The van der Waals surface area contributed by atoms with Crippen LogP contribution in [0, 0.1) is 0 Å². The Morgan fingerprint density at radius 2 is 0.646 bits per heavy atom. The number of nitrogens with one attached hydrogen (secondary N) is 2. The molecule has 2 N–H and O–H groups in total. The molecular weight excluding hydrogens is 1010 g/mol. The van der Waals surface area contributed by atoms with E-state index >= 15 is 0 Å². The minimum absolute atomic E-state index is 0.668. The first-order valence-corrected chi connectivity index (χ1v) is 27.7. The molecular formula is C70H60N12+2. The highest BCUT2D eigenvalue weighted by Gasteiger charge is 2.21. The molecule has 0 radical (unpaired) electrons. The molecule has 0 amide bonds. The summed E-state index contributed by atoms with van der Waals surface area (Å²) >= 11 is 0. The molecule has 11 aromatic rings. The molecule has 0 unspecified atom stereocenters. The molecule has 0 saturated heterocycles. The van der Waals surface area contributed by atoms with Crippen molar-refractivity contribution in [1.82, 2.24) is 49.7 Å². The van der Waals surface area contributed by atoms with E-state index in [0.717, 1.165) is 123 Å². The Kier molecular flexibility index (Phi) is 14.6. The van der Waals surface area contributed by atoms with Gasteiger partial charge in [0.05, 0.1) is 45.6 Å². The second-order valence-electron chi connectivity index (χ2n) is 21.0. The number of aryl methyl sites for hydroxylation is 2. The lowest BCUT2D eigenvalue weighted by molar-refractivity contribution is -0.671. The van der Waals surface area contributed by atoms with Crippen molar-refractivity contribution in [2.45, 2.75) is 39.3 Å². The highest BCUT2D eigenvalue weighted by molar-refractivity contribution is 5.99. The highest BCUT2D eigenvalue weighted by Crippen LogP contribution is 2.39. The molecule has 0 atom stereocenters. The van der Waals surface area contributed by atoms with Crippen molar-refractivity contribution in [3.05, 3.63) is 276 Å². The minimum Gasteiger partial charge on any atom is -0.354 e. The average Bonchev–Trinajstić information content (AvgIpc) is 4.55. The van der Waals surface area contributed by atoms with Crippen LogP contribution in [0.1, 0.15) is 56.7 Å². The second-order valence-corrected chi connectivity index (χ2v) is 21.0. The van der Waals surface area contributed by atoms with Gasteiger partial charge in [-0.2, -0.15) is 0 Å². The van der Waals surface area contributed by atoms with E-state index in [1.54, 1.807) is 0 Å². The van der Waals surface area contributed by atoms with E-state index in [2.05, 4.69) is 199 Å². The maximum absolute atomic E-state index is 5.63. The van der Waals surface area contributed by atoms with Gasteiger partial charge < -0.3 is 9.97 Å². The van der Waals surface area contributed by atoms with Crippen LogP contribution in [0.4, 0.5) is 0 Å². The van der Waals surface area contributed by atoms with Crippen molar-refractivity contribution < 1.29 is 9.13 Å². The third kappa shape index (κ3) is 11.5. The first-order valence-electron chi connectivity index (χ1n) is 27.7. The van der Waals surface area contributed by atoms with E-state index in [1.165, 1.54) is 0 Å². The molecule has 12 heteroatoms. The first kappa shape index (κ1) is 51.3. The minimum atomic E-state index is 0.668. The Morgan fingerprint density at radius 1 is 0.329 bits per heavy atom. The lowest BCUT2D eigenvalue weighted by Crippen LogP contribution is -2.25. The third-order valence-electron chi connectivity index (χ3n) is 15.0. The van der Waals surface area contributed by atoms with Gasteiger partial charge in [0.15, 0.2) is 24.8 Å². The number of hydrogen-bond donors (Lipinski definition) is 2. The van der Waals surface area contributed by atoms with Crippen molar-refractivity contribution >= 4 is 46.4 Å². The average molecular weight is 1070 g/mol. The normalized spacial score (nSPS) is 12.0. The van der Waals surface area contributed by atoms with Crippen LogP contribution in [0.2, 0.25) is 0 Å². The highest BCUT2D eigenvalue weighted by atomic mass is 15.1. The summed E-state index contributed by atoms with van der Waals surface area (Å²) < 4.78 is 4.12. The summed E-state index contributed by atoms with van der Waals surface area (Å²) in [6.45, 7) is 4.03. The molecule has 12 nitrogen and oxygen atoms in total. The van der Waals surface area contributed by atoms with Crippen LogP contribution in [0.3, 0.4) is 0 Å². The van der Waals surface area contributed by atoms with Gasteiger partial charge in [-0.05, 0) is 143 Å². The first-order chi connectivity index (χ1) is 40.4. The van der Waals surface area contributed by atoms with E-state index in [0.29, 0.717) is 39.3 Å². The zero-order valence-corrected chi connectivity index (χ0v) is 45.8. The Hall–Kier alpha value is -10.1. The Balaban J connectivity index is 1.00. The fourth-order valence-electron chi connectivity index (χ4n) is 11.1. The summed E-state index contributed by atoms with van der Waals surface area (Å²) in [6.07, 6.45) is 24.5. The van der Waals surface area contributed by atoms with Crippen molar-refractivity contribution in [1.29, 1.82) is 0 Å². The molecule has 13 rings (SSSR count). The summed E-state index contributed by atoms with van der Waals surface area (Å²) in [7, 11) is 4.09. The summed E-state index contributed by atoms with van der Waals surface area (Å²) in [4.78, 5) is 42.8. The number of fused-ring (bicyclic) bond motifs is 8. The zero-order chi connectivity index (χ0) is 55.2. The Morgan fingerprint density at radius 3 is 0.951 bits per heavy atom. The van der Waals surface area contributed by atoms with Crippen LogP contribution < -0.4 is 9.13 Å². The van der Waals surface area contributed by atoms with E-state index in [1.807, 2.05) is 87.4 Å². The molecule has 2 aliphatic heterocycles. The summed E-state index contributed by atoms with van der Waals surface area (Å²) in [5, 5.41) is 0. The van der Waals surface area contributed by atoms with Crippen molar-refractivity contribution in [3.63, 3.8) is 0 Å². The summed E-state index contributed by atoms with van der Waals surface area (Å²) in [5.74, 6) is 0. The van der Waals surface area contributed by atoms with E-state index < -0.39 is 0 Å². The zero-order valence-electron chi connectivity index (χ0n) is 45.8. The number of hydrogen-bond acceptors (Lipinski definition) is 8. The second kappa shape index (κ2) is 23.3. The predicted octanol–water partition coefficient (Wildman–Crippen LogP) is 13.0. The van der Waals surface area contributed by atoms with Crippen LogP contribution in [0.5, 0.6) is 0 Å². The number of rotatable bonds is 16. The van der Waals surface area contributed by atoms with E-state index in [-0.39, 0.29) is 0 Å². The molecule has 0 aliphatic carbocycles. The van der Waals surface area contributed by atoms with Gasteiger partial charge in [0.25, 0.3) is 0 Å². The number of H-pyrrole nitrogens is 2. The number of pyridine rings is 6. The summed E-state index contributed by atoms with van der Waals surface area (Å²) in [6, 6.07) is 59.5. The molecule has 8 bridgehead atoms. The van der Waals surface area contributed by atoms with Crippen LogP contribution in [0.15, 0.2) is 219 Å². The molecule has 11 heterocycles. The SMILES string of the molecule is C[n+]1ccc(-c2c3nc(c(-c4cccc(CN(Cc5ccccn5)Cc5ccccn5)c4)c4ccc([nH]4)c(-c4cc[n+](C)cc4)c4nc(c(-c5cccc(CN(Cc6ccccn6)Cc6ccccn6)c5)c5ccc2[nH]5)C=C4)C=C3)cc1. The molecule has 2 aromatic carbocycles. The van der Waals surface area contributed by atoms with Crippen LogP contribution in [-0.2, 0) is 53.4 Å². The lowest BCUT2D eigenvalue weighted by Gasteiger charge is -2.22. The molecule has 0 saturated carbocycles. The van der Waals surface area contributed by atoms with Crippen LogP contribution in [0.25, 0.3) is 90.9 Å². The van der Waals surface area contributed by atoms with Gasteiger partial charge in [0.1, 0.15) is 14.1 Å². The van der Waals surface area contributed by atoms with Gasteiger partial charge >= 0.3 is 0 Å². The van der Waals surface area contributed by atoms with Gasteiger partial charge in [0.2, 0.25) is 0 Å². The number of aromatic amines is 2. The van der Waals surface area contributed by atoms with Crippen molar-refractivity contribution in [2.24, 2.45) is 14.1 Å². The maximum Gasteiger partial charge on any atom is 0.169 e. The lowest BCUT2D eigenvalue weighted by atomic mass is 10.0. The van der Waals surface area contributed by atoms with Gasteiger partial charge in [-0.25, -0.2) is 19.1 Å². The monoisotopic (exact) mass is 1070 g/mol. The number of nitrogens with zero attached hydrogens (tertiary/aromatic N) is 10. The Bertz CT molecular complexity index is 3930. The third-order valence-corrected chi connectivity index (χ3v) is 15.0. The quantitative estimate of drug-likeness (QED) is 0.0917. The fraction of sp³-hybridized carbons (Fsp3) is 0.114. The largest absolute Gasteiger partial charge is 0.354 e. The van der Waals surface area contributed by atoms with Crippen LogP contribution >= 0.6 is 0 Å². The molecule has 2 aliphatic rings. The summed E-state index contributed by atoms with van der Waals surface area (Å²) in [5.41, 5.74) is 21.6. The van der Waals surface area contributed by atoms with Crippen molar-refractivity contribution in [3.8, 4) is 44.5 Å². The van der Waals surface area contributed by atoms with Gasteiger partial charge in [0, 0.05) is 133 Å². The topological polar surface area (TPSA) is 123 Å².